The van der Waals surface area contributed by atoms with Crippen LogP contribution in [0.15, 0.2) is 47.7 Å². The predicted octanol–water partition coefficient (Wildman–Crippen LogP) is 1.59. The summed E-state index contributed by atoms with van der Waals surface area (Å²) in [5.41, 5.74) is 1.29. The van der Waals surface area contributed by atoms with Crippen molar-refractivity contribution in [2.24, 2.45) is 7.05 Å². The maximum atomic E-state index is 12.7. The molecule has 2 aromatic rings. The Balaban J connectivity index is 1.85. The summed E-state index contributed by atoms with van der Waals surface area (Å²) in [7, 11) is 1.67. The second-order valence-electron chi connectivity index (χ2n) is 5.39. The molecule has 21 heavy (non-hydrogen) atoms. The first-order valence-electron chi connectivity index (χ1n) is 7.02. The number of carbonyl (C=O) groups excluding carboxylic acids is 1. The SMILES string of the molecule is Cn1ccc(C(=O)N(Cc2cccnc2)C2CC2)cc1=O. The lowest BCUT2D eigenvalue weighted by Gasteiger charge is -2.22. The van der Waals surface area contributed by atoms with Gasteiger partial charge in [0.1, 0.15) is 0 Å². The summed E-state index contributed by atoms with van der Waals surface area (Å²) in [4.78, 5) is 30.3. The van der Waals surface area contributed by atoms with Gasteiger partial charge in [-0.1, -0.05) is 6.07 Å². The molecule has 2 aromatic heterocycles. The molecule has 1 aliphatic carbocycles. The van der Waals surface area contributed by atoms with Crippen LogP contribution in [0.2, 0.25) is 0 Å². The fourth-order valence-corrected chi connectivity index (χ4v) is 2.29. The zero-order chi connectivity index (χ0) is 14.8. The standard InChI is InChI=1S/C16H17N3O2/c1-18-8-6-13(9-15(18)20)16(21)19(14-4-5-14)11-12-3-2-7-17-10-12/h2-3,6-10,14H,4-5,11H2,1H3. The molecule has 0 aromatic carbocycles. The minimum absolute atomic E-state index is 0.0842. The highest BCUT2D eigenvalue weighted by molar-refractivity contribution is 5.94. The van der Waals surface area contributed by atoms with Gasteiger partial charge in [0, 0.05) is 49.9 Å². The molecule has 0 saturated heterocycles. The predicted molar refractivity (Wildman–Crippen MR) is 78.8 cm³/mol. The molecule has 1 fully saturated rings. The molecule has 1 saturated carbocycles. The van der Waals surface area contributed by atoms with Crippen LogP contribution in [0.4, 0.5) is 0 Å². The number of amides is 1. The van der Waals surface area contributed by atoms with Crippen LogP contribution in [0.5, 0.6) is 0 Å². The highest BCUT2D eigenvalue weighted by Gasteiger charge is 2.33. The fourth-order valence-electron chi connectivity index (χ4n) is 2.29. The quantitative estimate of drug-likeness (QED) is 0.856. The fraction of sp³-hybridized carbons (Fsp3) is 0.312. The lowest BCUT2D eigenvalue weighted by atomic mass is 10.2. The highest BCUT2D eigenvalue weighted by atomic mass is 16.2. The van der Waals surface area contributed by atoms with Crippen molar-refractivity contribution in [1.82, 2.24) is 14.5 Å². The molecule has 1 aliphatic rings. The first-order valence-corrected chi connectivity index (χ1v) is 7.02. The van der Waals surface area contributed by atoms with E-state index in [-0.39, 0.29) is 17.5 Å². The van der Waals surface area contributed by atoms with Crippen LogP contribution in [-0.2, 0) is 13.6 Å². The van der Waals surface area contributed by atoms with E-state index in [0.29, 0.717) is 12.1 Å². The van der Waals surface area contributed by atoms with Crippen molar-refractivity contribution in [2.45, 2.75) is 25.4 Å². The van der Waals surface area contributed by atoms with Crippen molar-refractivity contribution in [2.75, 3.05) is 0 Å². The Bertz CT molecular complexity index is 705. The lowest BCUT2D eigenvalue weighted by Crippen LogP contribution is -2.33. The van der Waals surface area contributed by atoms with E-state index in [9.17, 15) is 9.59 Å². The molecule has 2 heterocycles. The van der Waals surface area contributed by atoms with Gasteiger partial charge in [-0.05, 0) is 30.5 Å². The first kappa shape index (κ1) is 13.5. The monoisotopic (exact) mass is 283 g/mol. The van der Waals surface area contributed by atoms with Crippen LogP contribution in [0, 0.1) is 0 Å². The van der Waals surface area contributed by atoms with E-state index in [0.717, 1.165) is 18.4 Å². The molecule has 0 N–H and O–H groups in total. The summed E-state index contributed by atoms with van der Waals surface area (Å²) in [6, 6.07) is 7.20. The number of hydrogen-bond acceptors (Lipinski definition) is 3. The van der Waals surface area contributed by atoms with E-state index in [4.69, 9.17) is 0 Å². The van der Waals surface area contributed by atoms with E-state index in [1.807, 2.05) is 17.0 Å². The minimum atomic E-state index is -0.169. The Labute approximate surface area is 122 Å². The third kappa shape index (κ3) is 3.02. The van der Waals surface area contributed by atoms with Crippen molar-refractivity contribution in [3.05, 3.63) is 64.3 Å². The van der Waals surface area contributed by atoms with Crippen molar-refractivity contribution in [3.63, 3.8) is 0 Å². The minimum Gasteiger partial charge on any atom is -0.331 e. The Morgan fingerprint density at radius 2 is 2.24 bits per heavy atom. The smallest absolute Gasteiger partial charge is 0.254 e. The van der Waals surface area contributed by atoms with Crippen LogP contribution < -0.4 is 5.56 Å². The van der Waals surface area contributed by atoms with Crippen LogP contribution in [0.1, 0.15) is 28.8 Å². The Kier molecular flexibility index (Phi) is 3.56. The van der Waals surface area contributed by atoms with E-state index in [1.165, 1.54) is 10.6 Å². The van der Waals surface area contributed by atoms with Gasteiger partial charge in [0.15, 0.2) is 0 Å². The summed E-state index contributed by atoms with van der Waals surface area (Å²) < 4.78 is 1.46. The van der Waals surface area contributed by atoms with Gasteiger partial charge in [0.2, 0.25) is 0 Å². The lowest BCUT2D eigenvalue weighted by molar-refractivity contribution is 0.0729. The van der Waals surface area contributed by atoms with Crippen LogP contribution in [0.25, 0.3) is 0 Å². The highest BCUT2D eigenvalue weighted by Crippen LogP contribution is 2.29. The van der Waals surface area contributed by atoms with Gasteiger partial charge >= 0.3 is 0 Å². The van der Waals surface area contributed by atoms with E-state index >= 15 is 0 Å². The molecular weight excluding hydrogens is 266 g/mol. The second kappa shape index (κ2) is 5.52. The Morgan fingerprint density at radius 1 is 1.43 bits per heavy atom. The summed E-state index contributed by atoms with van der Waals surface area (Å²) in [5, 5.41) is 0. The van der Waals surface area contributed by atoms with E-state index in [2.05, 4.69) is 4.98 Å². The number of aryl methyl sites for hydroxylation is 1. The molecule has 0 bridgehead atoms. The summed E-state index contributed by atoms with van der Waals surface area (Å²) >= 11 is 0. The number of hydrogen-bond donors (Lipinski definition) is 0. The zero-order valence-electron chi connectivity index (χ0n) is 11.9. The first-order chi connectivity index (χ1) is 10.1. The number of aromatic nitrogens is 2. The molecule has 3 rings (SSSR count). The van der Waals surface area contributed by atoms with Gasteiger partial charge < -0.3 is 9.47 Å². The van der Waals surface area contributed by atoms with Crippen LogP contribution in [0.3, 0.4) is 0 Å². The average Bonchev–Trinajstić information content (AvgIpc) is 3.33. The molecule has 5 nitrogen and oxygen atoms in total. The molecule has 0 spiro atoms. The second-order valence-corrected chi connectivity index (χ2v) is 5.39. The van der Waals surface area contributed by atoms with E-state index in [1.54, 1.807) is 31.7 Å². The summed E-state index contributed by atoms with van der Waals surface area (Å²) in [6.07, 6.45) is 7.17. The number of pyridine rings is 2. The molecule has 5 heteroatoms. The third-order valence-corrected chi connectivity index (χ3v) is 3.68. The summed E-state index contributed by atoms with van der Waals surface area (Å²) in [5.74, 6) is -0.0842. The van der Waals surface area contributed by atoms with Gasteiger partial charge in [-0.3, -0.25) is 14.6 Å². The van der Waals surface area contributed by atoms with E-state index < -0.39 is 0 Å². The molecule has 0 unspecified atom stereocenters. The molecule has 108 valence electrons. The van der Waals surface area contributed by atoms with Crippen molar-refractivity contribution in [1.29, 1.82) is 0 Å². The molecule has 0 radical (unpaired) electrons. The molecular formula is C16H17N3O2. The van der Waals surface area contributed by atoms with Crippen molar-refractivity contribution >= 4 is 5.91 Å². The number of carbonyl (C=O) groups is 1. The average molecular weight is 283 g/mol. The van der Waals surface area contributed by atoms with Gasteiger partial charge in [-0.15, -0.1) is 0 Å². The number of rotatable bonds is 4. The Hall–Kier alpha value is -2.43. The van der Waals surface area contributed by atoms with Crippen molar-refractivity contribution in [3.8, 4) is 0 Å². The maximum Gasteiger partial charge on any atom is 0.254 e. The Morgan fingerprint density at radius 3 is 2.86 bits per heavy atom. The normalized spacial score (nSPS) is 14.0. The van der Waals surface area contributed by atoms with Crippen LogP contribution in [-0.4, -0.2) is 26.4 Å². The maximum absolute atomic E-state index is 12.7. The van der Waals surface area contributed by atoms with Crippen molar-refractivity contribution < 1.29 is 4.79 Å². The van der Waals surface area contributed by atoms with Gasteiger partial charge in [-0.2, -0.15) is 0 Å². The summed E-state index contributed by atoms with van der Waals surface area (Å²) in [6.45, 7) is 0.534. The molecule has 0 aliphatic heterocycles. The number of nitrogens with zero attached hydrogens (tertiary/aromatic N) is 3. The van der Waals surface area contributed by atoms with Gasteiger partial charge in [-0.25, -0.2) is 0 Å². The largest absolute Gasteiger partial charge is 0.331 e. The van der Waals surface area contributed by atoms with Gasteiger partial charge in [0.05, 0.1) is 0 Å². The molecule has 1 amide bonds. The van der Waals surface area contributed by atoms with Gasteiger partial charge in [0.25, 0.3) is 11.5 Å². The third-order valence-electron chi connectivity index (χ3n) is 3.68. The topological polar surface area (TPSA) is 55.2 Å². The molecule has 0 atom stereocenters. The van der Waals surface area contributed by atoms with Crippen LogP contribution >= 0.6 is 0 Å². The zero-order valence-corrected chi connectivity index (χ0v) is 11.9.